The van der Waals surface area contributed by atoms with Crippen molar-refractivity contribution in [1.29, 1.82) is 0 Å². The average Bonchev–Trinajstić information content (AvgIpc) is 2.75. The maximum Gasteiger partial charge on any atom is 0.00969 e. The second-order valence-corrected chi connectivity index (χ2v) is 4.04. The van der Waals surface area contributed by atoms with E-state index in [9.17, 15) is 0 Å². The first kappa shape index (κ1) is 10.0. The molecule has 0 bridgehead atoms. The van der Waals surface area contributed by atoms with Crippen molar-refractivity contribution >= 4 is 0 Å². The molecule has 0 radical (unpaired) electrons. The molecule has 72 valence electrons. The summed E-state index contributed by atoms with van der Waals surface area (Å²) in [6.07, 6.45) is 2.60. The van der Waals surface area contributed by atoms with E-state index in [1.165, 1.54) is 12.8 Å². The number of hydrogen-bond acceptors (Lipinski definition) is 2. The number of nitrogens with one attached hydrogen (secondary N) is 2. The fraction of sp³-hybridized carbons (Fsp3) is 1.00. The molecule has 0 spiro atoms. The summed E-state index contributed by atoms with van der Waals surface area (Å²) in [5, 5.41) is 6.99. The summed E-state index contributed by atoms with van der Waals surface area (Å²) in [7, 11) is 0. The Morgan fingerprint density at radius 1 is 1.42 bits per heavy atom. The number of rotatable bonds is 6. The zero-order valence-corrected chi connectivity index (χ0v) is 8.56. The summed E-state index contributed by atoms with van der Waals surface area (Å²) < 4.78 is 0. The molecule has 0 aliphatic heterocycles. The van der Waals surface area contributed by atoms with E-state index >= 15 is 0 Å². The first-order valence-electron chi connectivity index (χ1n) is 5.20. The fourth-order valence-corrected chi connectivity index (χ4v) is 1.33. The Hall–Kier alpha value is -0.0800. The van der Waals surface area contributed by atoms with Gasteiger partial charge >= 0.3 is 0 Å². The lowest BCUT2D eigenvalue weighted by molar-refractivity contribution is 0.512. The Morgan fingerprint density at radius 3 is 2.58 bits per heavy atom. The minimum absolute atomic E-state index is 0.670. The molecule has 1 saturated carbocycles. The van der Waals surface area contributed by atoms with E-state index < -0.39 is 0 Å². The summed E-state index contributed by atoms with van der Waals surface area (Å²) in [6, 6.07) is 1.49. The lowest BCUT2D eigenvalue weighted by Crippen LogP contribution is -2.34. The lowest BCUT2D eigenvalue weighted by Gasteiger charge is -2.11. The standard InChI is InChI=1S/C10H22N2/c1-4-9(3)11-5-6-12-10-7-8(10)2/h8-12H,4-7H2,1-3H3. The van der Waals surface area contributed by atoms with E-state index in [-0.39, 0.29) is 0 Å². The monoisotopic (exact) mass is 170 g/mol. The second-order valence-electron chi connectivity index (χ2n) is 4.04. The van der Waals surface area contributed by atoms with Gasteiger partial charge in [-0.15, -0.1) is 0 Å². The third-order valence-electron chi connectivity index (χ3n) is 2.75. The van der Waals surface area contributed by atoms with Gasteiger partial charge in [-0.05, 0) is 25.7 Å². The van der Waals surface area contributed by atoms with Gasteiger partial charge < -0.3 is 10.6 Å². The molecule has 1 aliphatic carbocycles. The molecule has 3 atom stereocenters. The van der Waals surface area contributed by atoms with Crippen LogP contribution in [0.5, 0.6) is 0 Å². The van der Waals surface area contributed by atoms with Gasteiger partial charge in [-0.2, -0.15) is 0 Å². The Balaban J connectivity index is 1.83. The first-order chi connectivity index (χ1) is 5.74. The Labute approximate surface area is 76.1 Å². The second kappa shape index (κ2) is 4.83. The highest BCUT2D eigenvalue weighted by Crippen LogP contribution is 2.28. The van der Waals surface area contributed by atoms with Crippen molar-refractivity contribution in [2.75, 3.05) is 13.1 Å². The molecule has 2 N–H and O–H groups in total. The topological polar surface area (TPSA) is 24.1 Å². The van der Waals surface area contributed by atoms with Gasteiger partial charge in [0.2, 0.25) is 0 Å². The van der Waals surface area contributed by atoms with Gasteiger partial charge in [0.15, 0.2) is 0 Å². The van der Waals surface area contributed by atoms with E-state index in [0.29, 0.717) is 6.04 Å². The third kappa shape index (κ3) is 3.55. The van der Waals surface area contributed by atoms with Gasteiger partial charge in [-0.1, -0.05) is 13.8 Å². The summed E-state index contributed by atoms with van der Waals surface area (Å²) >= 11 is 0. The molecule has 12 heavy (non-hydrogen) atoms. The van der Waals surface area contributed by atoms with Crippen LogP contribution in [0.4, 0.5) is 0 Å². The molecule has 0 heterocycles. The third-order valence-corrected chi connectivity index (χ3v) is 2.75. The minimum Gasteiger partial charge on any atom is -0.313 e. The maximum absolute atomic E-state index is 3.52. The molecule has 0 aromatic carbocycles. The van der Waals surface area contributed by atoms with Crippen LogP contribution in [-0.2, 0) is 0 Å². The zero-order valence-electron chi connectivity index (χ0n) is 8.56. The smallest absolute Gasteiger partial charge is 0.00969 e. The molecule has 2 heteroatoms. The Morgan fingerprint density at radius 2 is 2.08 bits per heavy atom. The van der Waals surface area contributed by atoms with Gasteiger partial charge in [0.05, 0.1) is 0 Å². The highest BCUT2D eigenvalue weighted by molar-refractivity contribution is 4.89. The largest absolute Gasteiger partial charge is 0.313 e. The molecule has 3 unspecified atom stereocenters. The van der Waals surface area contributed by atoms with Crippen LogP contribution in [0.15, 0.2) is 0 Å². The van der Waals surface area contributed by atoms with Crippen molar-refractivity contribution in [1.82, 2.24) is 10.6 Å². The van der Waals surface area contributed by atoms with Gasteiger partial charge in [0, 0.05) is 25.2 Å². The summed E-state index contributed by atoms with van der Waals surface area (Å²) in [6.45, 7) is 8.99. The normalized spacial score (nSPS) is 30.2. The highest BCUT2D eigenvalue weighted by Gasteiger charge is 2.31. The van der Waals surface area contributed by atoms with Gasteiger partial charge in [0.1, 0.15) is 0 Å². The molecule has 1 rings (SSSR count). The van der Waals surface area contributed by atoms with Crippen molar-refractivity contribution in [3.8, 4) is 0 Å². The van der Waals surface area contributed by atoms with Crippen molar-refractivity contribution in [2.24, 2.45) is 5.92 Å². The lowest BCUT2D eigenvalue weighted by atomic mass is 10.2. The van der Waals surface area contributed by atoms with Crippen LogP contribution >= 0.6 is 0 Å². The molecule has 0 amide bonds. The highest BCUT2D eigenvalue weighted by atomic mass is 15.0. The van der Waals surface area contributed by atoms with E-state index in [1.54, 1.807) is 0 Å². The molecule has 0 aromatic rings. The van der Waals surface area contributed by atoms with Crippen molar-refractivity contribution in [2.45, 2.75) is 45.7 Å². The van der Waals surface area contributed by atoms with Gasteiger partial charge in [0.25, 0.3) is 0 Å². The van der Waals surface area contributed by atoms with Crippen molar-refractivity contribution < 1.29 is 0 Å². The summed E-state index contributed by atoms with van der Waals surface area (Å²) in [4.78, 5) is 0. The van der Waals surface area contributed by atoms with Crippen LogP contribution in [0, 0.1) is 5.92 Å². The molecular weight excluding hydrogens is 148 g/mol. The van der Waals surface area contributed by atoms with Crippen LogP contribution in [0.25, 0.3) is 0 Å². The van der Waals surface area contributed by atoms with Crippen LogP contribution in [0.2, 0.25) is 0 Å². The van der Waals surface area contributed by atoms with E-state index in [0.717, 1.165) is 25.0 Å². The minimum atomic E-state index is 0.670. The molecule has 1 aliphatic rings. The first-order valence-corrected chi connectivity index (χ1v) is 5.20. The van der Waals surface area contributed by atoms with Gasteiger partial charge in [-0.25, -0.2) is 0 Å². The summed E-state index contributed by atoms with van der Waals surface area (Å²) in [5.74, 6) is 0.925. The van der Waals surface area contributed by atoms with Crippen molar-refractivity contribution in [3.05, 3.63) is 0 Å². The average molecular weight is 170 g/mol. The molecule has 1 fully saturated rings. The molecular formula is C10H22N2. The van der Waals surface area contributed by atoms with Crippen LogP contribution in [0.3, 0.4) is 0 Å². The van der Waals surface area contributed by atoms with Crippen LogP contribution < -0.4 is 10.6 Å². The predicted octanol–water partition coefficient (Wildman–Crippen LogP) is 1.37. The fourth-order valence-electron chi connectivity index (χ4n) is 1.33. The SMILES string of the molecule is CCC(C)NCCNC1CC1C. The van der Waals surface area contributed by atoms with Crippen LogP contribution in [-0.4, -0.2) is 25.2 Å². The van der Waals surface area contributed by atoms with E-state index in [2.05, 4.69) is 31.4 Å². The Bertz CT molecular complexity index is 119. The molecule has 0 saturated heterocycles. The maximum atomic E-state index is 3.52. The van der Waals surface area contributed by atoms with E-state index in [1.807, 2.05) is 0 Å². The van der Waals surface area contributed by atoms with E-state index in [4.69, 9.17) is 0 Å². The Kier molecular flexibility index (Phi) is 4.02. The quantitative estimate of drug-likeness (QED) is 0.588. The number of hydrogen-bond donors (Lipinski definition) is 2. The van der Waals surface area contributed by atoms with Crippen LogP contribution in [0.1, 0.15) is 33.6 Å². The summed E-state index contributed by atoms with van der Waals surface area (Å²) in [5.41, 5.74) is 0. The predicted molar refractivity (Wildman–Crippen MR) is 53.3 cm³/mol. The zero-order chi connectivity index (χ0) is 8.97. The molecule has 2 nitrogen and oxygen atoms in total. The van der Waals surface area contributed by atoms with Crippen molar-refractivity contribution in [3.63, 3.8) is 0 Å². The molecule has 0 aromatic heterocycles. The van der Waals surface area contributed by atoms with Gasteiger partial charge in [-0.3, -0.25) is 0 Å².